The third-order valence-electron chi connectivity index (χ3n) is 5.50. The van der Waals surface area contributed by atoms with Crippen LogP contribution < -0.4 is 0 Å². The van der Waals surface area contributed by atoms with Crippen molar-refractivity contribution in [1.29, 1.82) is 0 Å². The molecule has 1 aromatic rings. The highest BCUT2D eigenvalue weighted by Gasteiger charge is 2.46. The van der Waals surface area contributed by atoms with E-state index in [0.29, 0.717) is 23.7 Å². The first-order valence-electron chi connectivity index (χ1n) is 7.96. The van der Waals surface area contributed by atoms with E-state index in [2.05, 4.69) is 57.2 Å². The molecule has 0 saturated carbocycles. The Labute approximate surface area is 134 Å². The molecule has 2 heterocycles. The van der Waals surface area contributed by atoms with Crippen LogP contribution in [0, 0.1) is 17.8 Å². The van der Waals surface area contributed by atoms with Crippen molar-refractivity contribution < 1.29 is 4.79 Å². The first-order chi connectivity index (χ1) is 10.2. The number of amides is 1. The van der Waals surface area contributed by atoms with Crippen LogP contribution in [0.25, 0.3) is 0 Å². The van der Waals surface area contributed by atoms with Crippen LogP contribution >= 0.6 is 15.9 Å². The lowest BCUT2D eigenvalue weighted by Crippen LogP contribution is -2.48. The molecule has 1 amide bonds. The van der Waals surface area contributed by atoms with E-state index in [1.54, 1.807) is 0 Å². The minimum absolute atomic E-state index is 0.222. The van der Waals surface area contributed by atoms with Crippen molar-refractivity contribution in [3.8, 4) is 0 Å². The minimum atomic E-state index is 0.222. The van der Waals surface area contributed by atoms with Gasteiger partial charge in [0.05, 0.1) is 0 Å². The summed E-state index contributed by atoms with van der Waals surface area (Å²) in [7, 11) is 0. The zero-order valence-electron chi connectivity index (χ0n) is 12.0. The Kier molecular flexibility index (Phi) is 3.41. The number of carbonyl (C=O) groups is 1. The van der Waals surface area contributed by atoms with E-state index in [-0.39, 0.29) is 5.92 Å². The van der Waals surface area contributed by atoms with Gasteiger partial charge in [-0.3, -0.25) is 4.79 Å². The van der Waals surface area contributed by atoms with Gasteiger partial charge in [-0.2, -0.15) is 0 Å². The zero-order chi connectivity index (χ0) is 14.4. The monoisotopic (exact) mass is 345 g/mol. The number of allylic oxidation sites excluding steroid dienone is 2. The Morgan fingerprint density at radius 2 is 1.86 bits per heavy atom. The quantitative estimate of drug-likeness (QED) is 0.705. The number of benzene rings is 1. The molecule has 2 saturated heterocycles. The Balaban J connectivity index is 1.72. The van der Waals surface area contributed by atoms with E-state index in [1.807, 2.05) is 0 Å². The molecule has 4 rings (SSSR count). The fourth-order valence-corrected chi connectivity index (χ4v) is 4.74. The molecule has 3 aliphatic rings. The molecule has 1 aliphatic carbocycles. The average molecular weight is 346 g/mol. The molecule has 2 bridgehead atoms. The molecule has 0 aromatic heterocycles. The summed E-state index contributed by atoms with van der Waals surface area (Å²) in [5, 5.41) is 0. The molecule has 4 atom stereocenters. The Hall–Kier alpha value is -1.09. The lowest BCUT2D eigenvalue weighted by Gasteiger charge is -2.43. The average Bonchev–Trinajstić information content (AvgIpc) is 2.61. The van der Waals surface area contributed by atoms with Crippen LogP contribution in [0.15, 0.2) is 40.9 Å². The van der Waals surface area contributed by atoms with Gasteiger partial charge in [0.1, 0.15) is 0 Å². The largest absolute Gasteiger partial charge is 0.342 e. The van der Waals surface area contributed by atoms with Gasteiger partial charge in [-0.1, -0.05) is 40.2 Å². The van der Waals surface area contributed by atoms with Crippen LogP contribution in [0.1, 0.15) is 30.7 Å². The Morgan fingerprint density at radius 3 is 2.67 bits per heavy atom. The van der Waals surface area contributed by atoms with Gasteiger partial charge < -0.3 is 4.90 Å². The lowest BCUT2D eigenvalue weighted by molar-refractivity contribution is -0.142. The van der Waals surface area contributed by atoms with Crippen LogP contribution in [0.5, 0.6) is 0 Å². The Morgan fingerprint density at radius 1 is 1.05 bits per heavy atom. The zero-order valence-corrected chi connectivity index (χ0v) is 13.6. The molecule has 0 radical (unpaired) electrons. The van der Waals surface area contributed by atoms with Crippen LogP contribution in [0.2, 0.25) is 0 Å². The standard InChI is InChI=1S/C18H20BrNO/c19-14-6-3-12(4-7-14)15-8-5-13-2-1-10-20-11-9-16(15)17(13)18(20)21/h3-8,13,15-17H,1-2,9-11H2/t13-,15+,16+,17+/m0/s1. The minimum Gasteiger partial charge on any atom is -0.342 e. The number of hydrogen-bond donors (Lipinski definition) is 0. The van der Waals surface area contributed by atoms with Crippen molar-refractivity contribution in [2.24, 2.45) is 17.8 Å². The van der Waals surface area contributed by atoms with Crippen molar-refractivity contribution in [1.82, 2.24) is 4.90 Å². The number of carbonyl (C=O) groups excluding carboxylic acids is 1. The molecule has 0 spiro atoms. The highest BCUT2D eigenvalue weighted by Crippen LogP contribution is 2.47. The van der Waals surface area contributed by atoms with E-state index >= 15 is 0 Å². The Bertz CT molecular complexity index is 579. The summed E-state index contributed by atoms with van der Waals surface area (Å²) < 4.78 is 1.12. The first kappa shape index (κ1) is 13.6. The summed E-state index contributed by atoms with van der Waals surface area (Å²) in [5.74, 6) is 2.01. The highest BCUT2D eigenvalue weighted by atomic mass is 79.9. The SMILES string of the molecule is O=C1[C@H]2[C@@H]3CCN1CCC[C@H]2C=C[C@@H]3c1ccc(Br)cc1. The second-order valence-corrected chi connectivity index (χ2v) is 7.49. The third-order valence-corrected chi connectivity index (χ3v) is 6.03. The maximum atomic E-state index is 12.8. The molecule has 0 unspecified atom stereocenters. The third kappa shape index (κ3) is 2.26. The maximum absolute atomic E-state index is 12.8. The summed E-state index contributed by atoms with van der Waals surface area (Å²) in [5.41, 5.74) is 1.35. The molecule has 2 nitrogen and oxygen atoms in total. The number of rotatable bonds is 1. The summed E-state index contributed by atoms with van der Waals surface area (Å²) in [6.07, 6.45) is 8.20. The molecule has 110 valence electrons. The predicted molar refractivity (Wildman–Crippen MR) is 86.9 cm³/mol. The van der Waals surface area contributed by atoms with Crippen molar-refractivity contribution >= 4 is 21.8 Å². The van der Waals surface area contributed by atoms with Gasteiger partial charge in [-0.15, -0.1) is 0 Å². The van der Waals surface area contributed by atoms with Crippen LogP contribution in [-0.4, -0.2) is 23.9 Å². The summed E-state index contributed by atoms with van der Waals surface area (Å²) in [4.78, 5) is 14.9. The molecule has 3 heteroatoms. The van der Waals surface area contributed by atoms with Gasteiger partial charge in [-0.25, -0.2) is 0 Å². The molecular weight excluding hydrogens is 326 g/mol. The van der Waals surface area contributed by atoms with Gasteiger partial charge in [-0.05, 0) is 48.8 Å². The molecular formula is C18H20BrNO. The van der Waals surface area contributed by atoms with Crippen molar-refractivity contribution in [2.45, 2.75) is 25.2 Å². The second-order valence-electron chi connectivity index (χ2n) is 6.57. The van der Waals surface area contributed by atoms with Crippen LogP contribution in [0.3, 0.4) is 0 Å². The molecule has 1 aromatic carbocycles. The van der Waals surface area contributed by atoms with Gasteiger partial charge in [0.2, 0.25) is 5.91 Å². The fourth-order valence-electron chi connectivity index (χ4n) is 4.48. The fraction of sp³-hybridized carbons (Fsp3) is 0.500. The molecule has 2 aliphatic heterocycles. The number of nitrogens with zero attached hydrogens (tertiary/aromatic N) is 1. The summed E-state index contributed by atoms with van der Waals surface area (Å²) in [6, 6.07) is 8.62. The molecule has 21 heavy (non-hydrogen) atoms. The summed E-state index contributed by atoms with van der Waals surface area (Å²) >= 11 is 3.51. The van der Waals surface area contributed by atoms with Crippen molar-refractivity contribution in [3.63, 3.8) is 0 Å². The van der Waals surface area contributed by atoms with Gasteiger partial charge in [0.15, 0.2) is 0 Å². The maximum Gasteiger partial charge on any atom is 0.226 e. The number of piperidine rings is 1. The lowest BCUT2D eigenvalue weighted by atomic mass is 9.65. The van der Waals surface area contributed by atoms with Gasteiger partial charge in [0, 0.05) is 29.4 Å². The van der Waals surface area contributed by atoms with E-state index < -0.39 is 0 Å². The van der Waals surface area contributed by atoms with E-state index in [0.717, 1.165) is 30.4 Å². The molecule has 0 N–H and O–H groups in total. The van der Waals surface area contributed by atoms with Crippen LogP contribution in [-0.2, 0) is 4.79 Å². The first-order valence-corrected chi connectivity index (χ1v) is 8.76. The van der Waals surface area contributed by atoms with E-state index in [4.69, 9.17) is 0 Å². The van der Waals surface area contributed by atoms with Gasteiger partial charge >= 0.3 is 0 Å². The van der Waals surface area contributed by atoms with Gasteiger partial charge in [0.25, 0.3) is 0 Å². The predicted octanol–water partition coefficient (Wildman–Crippen LogP) is 3.98. The number of fused-ring (bicyclic) bond motifs is 1. The number of hydrogen-bond acceptors (Lipinski definition) is 1. The molecule has 2 fully saturated rings. The van der Waals surface area contributed by atoms with Crippen molar-refractivity contribution in [3.05, 3.63) is 46.5 Å². The van der Waals surface area contributed by atoms with E-state index in [9.17, 15) is 4.79 Å². The smallest absolute Gasteiger partial charge is 0.226 e. The topological polar surface area (TPSA) is 20.3 Å². The highest BCUT2D eigenvalue weighted by molar-refractivity contribution is 9.10. The van der Waals surface area contributed by atoms with Crippen molar-refractivity contribution in [2.75, 3.05) is 13.1 Å². The van der Waals surface area contributed by atoms with E-state index in [1.165, 1.54) is 12.0 Å². The normalized spacial score (nSPS) is 34.7. The van der Waals surface area contributed by atoms with Crippen LogP contribution in [0.4, 0.5) is 0 Å². The number of halogens is 1. The second kappa shape index (κ2) is 5.28. The summed E-state index contributed by atoms with van der Waals surface area (Å²) in [6.45, 7) is 1.92.